The van der Waals surface area contributed by atoms with Gasteiger partial charge in [0.25, 0.3) is 0 Å². The molecule has 2 rings (SSSR count). The topological polar surface area (TPSA) is 26.0 Å². The minimum atomic E-state index is -0.149. The van der Waals surface area contributed by atoms with Gasteiger partial charge in [-0.3, -0.25) is 0 Å². The van der Waals surface area contributed by atoms with Crippen LogP contribution >= 0.6 is 0 Å². The van der Waals surface area contributed by atoms with E-state index >= 15 is 0 Å². The summed E-state index contributed by atoms with van der Waals surface area (Å²) < 4.78 is 13.3. The van der Waals surface area contributed by atoms with Crippen molar-refractivity contribution in [3.05, 3.63) is 35.1 Å². The van der Waals surface area contributed by atoms with Crippen molar-refractivity contribution in [3.63, 3.8) is 0 Å². The van der Waals surface area contributed by atoms with E-state index in [4.69, 9.17) is 5.73 Å². The summed E-state index contributed by atoms with van der Waals surface area (Å²) in [6, 6.07) is 5.20. The molecule has 0 spiro atoms. The van der Waals surface area contributed by atoms with Crippen molar-refractivity contribution in [1.82, 2.24) is 0 Å². The van der Waals surface area contributed by atoms with Gasteiger partial charge < -0.3 is 5.73 Å². The zero-order valence-electron chi connectivity index (χ0n) is 11.3. The van der Waals surface area contributed by atoms with E-state index in [2.05, 4.69) is 0 Å². The summed E-state index contributed by atoms with van der Waals surface area (Å²) in [4.78, 5) is 0. The van der Waals surface area contributed by atoms with Crippen LogP contribution in [-0.2, 0) is 6.42 Å². The summed E-state index contributed by atoms with van der Waals surface area (Å²) >= 11 is 0. The number of rotatable bonds is 3. The molecule has 0 aliphatic heterocycles. The fourth-order valence-corrected chi connectivity index (χ4v) is 3.02. The lowest BCUT2D eigenvalue weighted by atomic mass is 9.87. The maximum absolute atomic E-state index is 13.3. The van der Waals surface area contributed by atoms with Crippen LogP contribution in [0.2, 0.25) is 0 Å². The fraction of sp³-hybridized carbons (Fsp3) is 0.625. The first-order valence-electron chi connectivity index (χ1n) is 7.17. The summed E-state index contributed by atoms with van der Waals surface area (Å²) in [6.07, 6.45) is 8.62. The summed E-state index contributed by atoms with van der Waals surface area (Å²) in [6.45, 7) is 2.04. The number of hydrogen-bond acceptors (Lipinski definition) is 1. The molecule has 18 heavy (non-hydrogen) atoms. The van der Waals surface area contributed by atoms with Gasteiger partial charge in [0.05, 0.1) is 0 Å². The van der Waals surface area contributed by atoms with E-state index in [9.17, 15) is 4.39 Å². The van der Waals surface area contributed by atoms with Crippen LogP contribution in [0.15, 0.2) is 18.2 Å². The minimum Gasteiger partial charge on any atom is -0.327 e. The van der Waals surface area contributed by atoms with Crippen LogP contribution in [0.3, 0.4) is 0 Å². The van der Waals surface area contributed by atoms with Crippen LogP contribution in [0.5, 0.6) is 0 Å². The van der Waals surface area contributed by atoms with Crippen molar-refractivity contribution in [2.24, 2.45) is 11.7 Å². The second-order valence-electron chi connectivity index (χ2n) is 5.69. The molecular formula is C16H24FN. The molecule has 1 fully saturated rings. The second kappa shape index (κ2) is 6.33. The van der Waals surface area contributed by atoms with Crippen molar-refractivity contribution < 1.29 is 4.39 Å². The average Bonchev–Trinajstić information content (AvgIpc) is 2.62. The Kier molecular flexibility index (Phi) is 4.76. The van der Waals surface area contributed by atoms with Gasteiger partial charge >= 0.3 is 0 Å². The smallest absolute Gasteiger partial charge is 0.123 e. The Morgan fingerprint density at radius 2 is 1.89 bits per heavy atom. The molecule has 0 bridgehead atoms. The summed E-state index contributed by atoms with van der Waals surface area (Å²) in [5, 5.41) is 0. The zero-order valence-corrected chi connectivity index (χ0v) is 11.3. The Labute approximate surface area is 110 Å². The van der Waals surface area contributed by atoms with Gasteiger partial charge in [-0.25, -0.2) is 4.39 Å². The number of aryl methyl sites for hydroxylation is 1. The van der Waals surface area contributed by atoms with E-state index in [-0.39, 0.29) is 11.9 Å². The highest BCUT2D eigenvalue weighted by atomic mass is 19.1. The number of benzene rings is 1. The van der Waals surface area contributed by atoms with Gasteiger partial charge in [-0.15, -0.1) is 0 Å². The van der Waals surface area contributed by atoms with E-state index in [1.54, 1.807) is 6.07 Å². The first-order chi connectivity index (χ1) is 8.66. The third-order valence-electron chi connectivity index (χ3n) is 4.27. The monoisotopic (exact) mass is 249 g/mol. The zero-order chi connectivity index (χ0) is 13.0. The van der Waals surface area contributed by atoms with Gasteiger partial charge in [-0.2, -0.15) is 0 Å². The van der Waals surface area contributed by atoms with Crippen LogP contribution in [0.25, 0.3) is 0 Å². The van der Waals surface area contributed by atoms with Gasteiger partial charge in [0, 0.05) is 6.04 Å². The van der Waals surface area contributed by atoms with Gasteiger partial charge in [0.15, 0.2) is 0 Å². The van der Waals surface area contributed by atoms with Crippen molar-refractivity contribution >= 4 is 0 Å². The highest BCUT2D eigenvalue weighted by molar-refractivity contribution is 5.27. The molecule has 0 aromatic heterocycles. The van der Waals surface area contributed by atoms with Gasteiger partial charge in [-0.1, -0.05) is 31.7 Å². The molecule has 1 unspecified atom stereocenters. The van der Waals surface area contributed by atoms with Crippen molar-refractivity contribution in [1.29, 1.82) is 0 Å². The lowest BCUT2D eigenvalue weighted by Crippen LogP contribution is -2.32. The second-order valence-corrected chi connectivity index (χ2v) is 5.69. The largest absolute Gasteiger partial charge is 0.327 e. The maximum atomic E-state index is 13.3. The first-order valence-corrected chi connectivity index (χ1v) is 7.17. The molecule has 1 nitrogen and oxygen atoms in total. The van der Waals surface area contributed by atoms with Crippen molar-refractivity contribution in [2.75, 3.05) is 0 Å². The molecule has 1 aromatic carbocycles. The predicted octanol–water partition coefficient (Wildman–Crippen LogP) is 3.97. The molecule has 1 aliphatic rings. The highest BCUT2D eigenvalue weighted by Gasteiger charge is 2.20. The maximum Gasteiger partial charge on any atom is 0.123 e. The molecule has 1 aromatic rings. The summed E-state index contributed by atoms with van der Waals surface area (Å²) in [5.74, 6) is 0.471. The van der Waals surface area contributed by atoms with Crippen molar-refractivity contribution in [3.8, 4) is 0 Å². The molecule has 0 saturated heterocycles. The normalized spacial score (nSPS) is 19.5. The highest BCUT2D eigenvalue weighted by Crippen LogP contribution is 2.26. The Hall–Kier alpha value is -0.890. The van der Waals surface area contributed by atoms with Crippen LogP contribution < -0.4 is 5.73 Å². The lowest BCUT2D eigenvalue weighted by Gasteiger charge is -2.23. The van der Waals surface area contributed by atoms with E-state index in [0.29, 0.717) is 5.92 Å². The predicted molar refractivity (Wildman–Crippen MR) is 74.0 cm³/mol. The molecular weight excluding hydrogens is 225 g/mol. The van der Waals surface area contributed by atoms with E-state index < -0.39 is 0 Å². The van der Waals surface area contributed by atoms with E-state index in [1.807, 2.05) is 13.0 Å². The summed E-state index contributed by atoms with van der Waals surface area (Å²) in [7, 11) is 0. The Balaban J connectivity index is 2.00. The Morgan fingerprint density at radius 1 is 1.22 bits per heavy atom. The third kappa shape index (κ3) is 3.55. The molecule has 1 aliphatic carbocycles. The van der Waals surface area contributed by atoms with Crippen LogP contribution in [0, 0.1) is 18.7 Å². The SMILES string of the molecule is Cc1ccc(F)cc1CC(N)C1CCCCCC1. The quantitative estimate of drug-likeness (QED) is 0.806. The standard InChI is InChI=1S/C16H24FN/c1-12-8-9-15(17)10-14(12)11-16(18)13-6-4-2-3-5-7-13/h8-10,13,16H,2-7,11,18H2,1H3. The molecule has 0 heterocycles. The van der Waals surface area contributed by atoms with E-state index in [0.717, 1.165) is 17.5 Å². The van der Waals surface area contributed by atoms with Gasteiger partial charge in [0.1, 0.15) is 5.82 Å². The average molecular weight is 249 g/mol. The molecule has 2 heteroatoms. The van der Waals surface area contributed by atoms with Crippen LogP contribution in [0.1, 0.15) is 49.7 Å². The van der Waals surface area contributed by atoms with Gasteiger partial charge in [0.2, 0.25) is 0 Å². The minimum absolute atomic E-state index is 0.149. The van der Waals surface area contributed by atoms with Crippen molar-refractivity contribution in [2.45, 2.75) is 57.9 Å². The van der Waals surface area contributed by atoms with Gasteiger partial charge in [-0.05, 0) is 55.4 Å². The third-order valence-corrected chi connectivity index (χ3v) is 4.27. The molecule has 1 atom stereocenters. The Morgan fingerprint density at radius 3 is 2.56 bits per heavy atom. The summed E-state index contributed by atoms with van der Waals surface area (Å²) in [5.41, 5.74) is 8.58. The number of halogens is 1. The molecule has 1 saturated carbocycles. The molecule has 2 N–H and O–H groups in total. The van der Waals surface area contributed by atoms with Crippen LogP contribution in [0.4, 0.5) is 4.39 Å². The Bertz CT molecular complexity index is 381. The number of hydrogen-bond donors (Lipinski definition) is 1. The first kappa shape index (κ1) is 13.5. The fourth-order valence-electron chi connectivity index (χ4n) is 3.02. The molecule has 100 valence electrons. The molecule has 0 amide bonds. The van der Waals surface area contributed by atoms with E-state index in [1.165, 1.54) is 44.6 Å². The molecule has 0 radical (unpaired) electrons. The lowest BCUT2D eigenvalue weighted by molar-refractivity contribution is 0.372. The van der Waals surface area contributed by atoms with Crippen LogP contribution in [-0.4, -0.2) is 6.04 Å². The number of nitrogens with two attached hydrogens (primary N) is 1.